The van der Waals surface area contributed by atoms with Gasteiger partial charge in [0.25, 0.3) is 0 Å². The van der Waals surface area contributed by atoms with Crippen LogP contribution in [0.3, 0.4) is 0 Å². The lowest BCUT2D eigenvalue weighted by Crippen LogP contribution is -2.38. The molecule has 0 aromatic carbocycles. The Hall–Kier alpha value is -2.80. The van der Waals surface area contributed by atoms with E-state index in [1.807, 2.05) is 48.2 Å². The number of nitrogens with zero attached hydrogens (tertiary/aromatic N) is 5. The summed E-state index contributed by atoms with van der Waals surface area (Å²) in [5.74, 6) is 1.69. The van der Waals surface area contributed by atoms with E-state index in [9.17, 15) is 4.79 Å². The van der Waals surface area contributed by atoms with Gasteiger partial charge < -0.3 is 15.1 Å². The van der Waals surface area contributed by atoms with Gasteiger partial charge in [0, 0.05) is 37.8 Å². The molecule has 3 heterocycles. The molecule has 3 rings (SSSR count). The average molecular weight is 366 g/mol. The number of aromatic nitrogens is 3. The molecule has 1 saturated heterocycles. The highest BCUT2D eigenvalue weighted by Gasteiger charge is 2.24. The topological polar surface area (TPSA) is 74.2 Å². The van der Waals surface area contributed by atoms with Crippen LogP contribution in [-0.4, -0.2) is 64.4 Å². The summed E-state index contributed by atoms with van der Waals surface area (Å²) >= 11 is 0. The lowest BCUT2D eigenvalue weighted by atomic mass is 9.95. The number of nitrogens with one attached hydrogen (secondary N) is 1. The van der Waals surface area contributed by atoms with Crippen molar-refractivity contribution in [2.75, 3.05) is 39.0 Å². The van der Waals surface area contributed by atoms with E-state index >= 15 is 0 Å². The van der Waals surface area contributed by atoms with Gasteiger partial charge in [-0.1, -0.05) is 12.1 Å². The first-order valence-electron chi connectivity index (χ1n) is 9.22. The minimum absolute atomic E-state index is 0.0722. The fraction of sp³-hybridized carbons (Fsp3) is 0.400. The van der Waals surface area contributed by atoms with Crippen molar-refractivity contribution in [3.63, 3.8) is 0 Å². The minimum atomic E-state index is 0.0722. The van der Waals surface area contributed by atoms with E-state index in [1.165, 1.54) is 0 Å². The Labute approximate surface area is 160 Å². The highest BCUT2D eigenvalue weighted by Crippen LogP contribution is 2.25. The number of anilines is 2. The zero-order valence-electron chi connectivity index (χ0n) is 15.9. The van der Waals surface area contributed by atoms with Crippen LogP contribution < -0.4 is 5.32 Å². The number of hydrogen-bond acceptors (Lipinski definition) is 6. The summed E-state index contributed by atoms with van der Waals surface area (Å²) < 4.78 is 0. The highest BCUT2D eigenvalue weighted by atomic mass is 16.2. The fourth-order valence-corrected chi connectivity index (χ4v) is 3.07. The van der Waals surface area contributed by atoms with Gasteiger partial charge in [-0.25, -0.2) is 9.97 Å². The molecule has 142 valence electrons. The Balaban J connectivity index is 1.59. The van der Waals surface area contributed by atoms with E-state index in [4.69, 9.17) is 0 Å². The standard InChI is InChI=1S/C20H26N6O/c1-25(2)11-6-9-20(27)26-12-5-7-16(15-26)17-13-23-19(14-22-17)24-18-8-3-4-10-21-18/h3-4,6,8-10,13-14,16H,5,7,11-12,15H2,1-2H3,(H,21,23,24)/b9-6+. The monoisotopic (exact) mass is 366 g/mol. The predicted molar refractivity (Wildman–Crippen MR) is 106 cm³/mol. The average Bonchev–Trinajstić information content (AvgIpc) is 2.69. The van der Waals surface area contributed by atoms with Crippen LogP contribution in [0.5, 0.6) is 0 Å². The van der Waals surface area contributed by atoms with E-state index in [-0.39, 0.29) is 11.8 Å². The number of carbonyl (C=O) groups is 1. The Morgan fingerprint density at radius 3 is 2.85 bits per heavy atom. The van der Waals surface area contributed by atoms with Gasteiger partial charge in [-0.05, 0) is 39.1 Å². The number of likely N-dealkylation sites (N-methyl/N-ethyl adjacent to an activating group) is 1. The normalized spacial score (nSPS) is 17.4. The summed E-state index contributed by atoms with van der Waals surface area (Å²) in [6, 6.07) is 5.66. The number of rotatable bonds is 6. The molecule has 1 fully saturated rings. The Kier molecular flexibility index (Phi) is 6.49. The van der Waals surface area contributed by atoms with E-state index in [2.05, 4.69) is 20.3 Å². The second kappa shape index (κ2) is 9.23. The molecule has 7 heteroatoms. The molecule has 1 N–H and O–H groups in total. The SMILES string of the molecule is CN(C)C/C=C/C(=O)N1CCCC(c2cnc(Nc3ccccn3)cn2)C1. The molecule has 27 heavy (non-hydrogen) atoms. The van der Waals surface area contributed by atoms with Gasteiger partial charge in [0.05, 0.1) is 18.1 Å². The fourth-order valence-electron chi connectivity index (χ4n) is 3.07. The van der Waals surface area contributed by atoms with E-state index in [0.717, 1.165) is 37.4 Å². The largest absolute Gasteiger partial charge is 0.339 e. The summed E-state index contributed by atoms with van der Waals surface area (Å²) in [5.41, 5.74) is 0.927. The third kappa shape index (κ3) is 5.59. The molecular formula is C20H26N6O. The quantitative estimate of drug-likeness (QED) is 0.792. The summed E-state index contributed by atoms with van der Waals surface area (Å²) in [7, 11) is 3.97. The molecule has 1 atom stereocenters. The lowest BCUT2D eigenvalue weighted by molar-refractivity contribution is -0.127. The predicted octanol–water partition coefficient (Wildman–Crippen LogP) is 2.44. The molecule has 2 aromatic rings. The molecule has 1 amide bonds. The maximum atomic E-state index is 12.4. The first-order valence-corrected chi connectivity index (χ1v) is 9.22. The molecule has 0 bridgehead atoms. The van der Waals surface area contributed by atoms with Gasteiger partial charge in [-0.15, -0.1) is 0 Å². The lowest BCUT2D eigenvalue weighted by Gasteiger charge is -2.31. The molecule has 1 unspecified atom stereocenters. The molecule has 1 aliphatic rings. The summed E-state index contributed by atoms with van der Waals surface area (Å²) in [5, 5.41) is 3.13. The second-order valence-electron chi connectivity index (χ2n) is 6.95. The van der Waals surface area contributed by atoms with E-state index in [1.54, 1.807) is 24.7 Å². The molecule has 2 aromatic heterocycles. The van der Waals surface area contributed by atoms with E-state index < -0.39 is 0 Å². The molecular weight excluding hydrogens is 340 g/mol. The van der Waals surface area contributed by atoms with Crippen molar-refractivity contribution >= 4 is 17.5 Å². The number of piperidine rings is 1. The van der Waals surface area contributed by atoms with Gasteiger partial charge in [-0.3, -0.25) is 9.78 Å². The maximum absolute atomic E-state index is 12.4. The van der Waals surface area contributed by atoms with Crippen LogP contribution in [0.25, 0.3) is 0 Å². The maximum Gasteiger partial charge on any atom is 0.246 e. The first kappa shape index (κ1) is 19.0. The number of carbonyl (C=O) groups excluding carboxylic acids is 1. The Bertz CT molecular complexity index is 760. The van der Waals surface area contributed by atoms with Crippen LogP contribution in [0.1, 0.15) is 24.5 Å². The third-order valence-corrected chi connectivity index (χ3v) is 4.48. The van der Waals surface area contributed by atoms with Gasteiger partial charge in [0.2, 0.25) is 5.91 Å². The third-order valence-electron chi connectivity index (χ3n) is 4.48. The van der Waals surface area contributed by atoms with Crippen molar-refractivity contribution in [3.05, 3.63) is 54.6 Å². The van der Waals surface area contributed by atoms with Crippen LogP contribution in [0, 0.1) is 0 Å². The van der Waals surface area contributed by atoms with Crippen molar-refractivity contribution in [3.8, 4) is 0 Å². The van der Waals surface area contributed by atoms with Gasteiger partial charge in [0.1, 0.15) is 11.6 Å². The Morgan fingerprint density at radius 2 is 2.15 bits per heavy atom. The smallest absolute Gasteiger partial charge is 0.246 e. The first-order chi connectivity index (χ1) is 13.1. The zero-order valence-corrected chi connectivity index (χ0v) is 15.9. The van der Waals surface area contributed by atoms with E-state index in [0.29, 0.717) is 12.4 Å². The van der Waals surface area contributed by atoms with Crippen molar-refractivity contribution in [2.45, 2.75) is 18.8 Å². The molecule has 0 spiro atoms. The van der Waals surface area contributed by atoms with Crippen LogP contribution in [0.15, 0.2) is 48.9 Å². The van der Waals surface area contributed by atoms with Crippen molar-refractivity contribution in [1.29, 1.82) is 0 Å². The molecule has 7 nitrogen and oxygen atoms in total. The summed E-state index contributed by atoms with van der Waals surface area (Å²) in [4.78, 5) is 29.5. The van der Waals surface area contributed by atoms with Gasteiger partial charge in [-0.2, -0.15) is 0 Å². The molecule has 0 radical (unpaired) electrons. The molecule has 1 aliphatic heterocycles. The van der Waals surface area contributed by atoms with Crippen LogP contribution >= 0.6 is 0 Å². The summed E-state index contributed by atoms with van der Waals surface area (Å²) in [6.45, 7) is 2.25. The number of hydrogen-bond donors (Lipinski definition) is 1. The number of pyridine rings is 1. The summed E-state index contributed by atoms with van der Waals surface area (Å²) in [6.07, 6.45) is 10.8. The van der Waals surface area contributed by atoms with Crippen LogP contribution in [0.4, 0.5) is 11.6 Å². The van der Waals surface area contributed by atoms with Crippen LogP contribution in [-0.2, 0) is 4.79 Å². The minimum Gasteiger partial charge on any atom is -0.339 e. The van der Waals surface area contributed by atoms with Gasteiger partial charge >= 0.3 is 0 Å². The number of likely N-dealkylation sites (tertiary alicyclic amines) is 1. The van der Waals surface area contributed by atoms with Crippen LogP contribution in [0.2, 0.25) is 0 Å². The van der Waals surface area contributed by atoms with Crippen molar-refractivity contribution < 1.29 is 4.79 Å². The highest BCUT2D eigenvalue weighted by molar-refractivity contribution is 5.87. The van der Waals surface area contributed by atoms with Gasteiger partial charge in [0.15, 0.2) is 0 Å². The second-order valence-corrected chi connectivity index (χ2v) is 6.95. The molecule has 0 aliphatic carbocycles. The Morgan fingerprint density at radius 1 is 1.26 bits per heavy atom. The van der Waals surface area contributed by atoms with Crippen molar-refractivity contribution in [2.24, 2.45) is 0 Å². The number of amides is 1. The molecule has 0 saturated carbocycles. The van der Waals surface area contributed by atoms with Crippen molar-refractivity contribution in [1.82, 2.24) is 24.8 Å². The zero-order chi connectivity index (χ0) is 19.1.